The second-order valence-electron chi connectivity index (χ2n) is 4.08. The third-order valence-corrected chi connectivity index (χ3v) is 2.91. The molecule has 0 saturated carbocycles. The fourth-order valence-electron chi connectivity index (χ4n) is 1.84. The summed E-state index contributed by atoms with van der Waals surface area (Å²) in [5.41, 5.74) is 11.8. The Bertz CT molecular complexity index is 128. The van der Waals surface area contributed by atoms with Gasteiger partial charge in [0.15, 0.2) is 0 Å². The third kappa shape index (κ3) is 2.44. The van der Waals surface area contributed by atoms with Crippen LogP contribution in [0.2, 0.25) is 0 Å². The zero-order valence-corrected chi connectivity index (χ0v) is 8.16. The van der Waals surface area contributed by atoms with E-state index in [0.29, 0.717) is 5.92 Å². The SMILES string of the molecule is CC(N)C(N)C1CCN(C)CC1. The second kappa shape index (κ2) is 4.21. The van der Waals surface area contributed by atoms with Crippen molar-refractivity contribution in [2.24, 2.45) is 17.4 Å². The van der Waals surface area contributed by atoms with Crippen LogP contribution in [0.25, 0.3) is 0 Å². The van der Waals surface area contributed by atoms with E-state index in [0.717, 1.165) is 0 Å². The Morgan fingerprint density at radius 1 is 1.25 bits per heavy atom. The average molecular weight is 171 g/mol. The molecule has 12 heavy (non-hydrogen) atoms. The molecule has 0 aromatic rings. The van der Waals surface area contributed by atoms with Gasteiger partial charge in [-0.2, -0.15) is 0 Å². The molecular formula is C9H21N3. The maximum atomic E-state index is 5.99. The standard InChI is InChI=1S/C9H21N3/c1-7(10)9(11)8-3-5-12(2)6-4-8/h7-9H,3-6,10-11H2,1-2H3. The summed E-state index contributed by atoms with van der Waals surface area (Å²) in [6.45, 7) is 4.35. The van der Waals surface area contributed by atoms with Crippen LogP contribution in [-0.2, 0) is 0 Å². The fraction of sp³-hybridized carbons (Fsp3) is 1.00. The van der Waals surface area contributed by atoms with Gasteiger partial charge in [-0.15, -0.1) is 0 Å². The summed E-state index contributed by atoms with van der Waals surface area (Å²) in [6.07, 6.45) is 2.42. The number of hydrogen-bond donors (Lipinski definition) is 2. The minimum atomic E-state index is 0.137. The van der Waals surface area contributed by atoms with Crippen LogP contribution in [0.15, 0.2) is 0 Å². The van der Waals surface area contributed by atoms with Crippen LogP contribution < -0.4 is 11.5 Å². The van der Waals surface area contributed by atoms with Gasteiger partial charge in [-0.3, -0.25) is 0 Å². The molecule has 2 unspecified atom stereocenters. The number of piperidine rings is 1. The molecule has 3 nitrogen and oxygen atoms in total. The highest BCUT2D eigenvalue weighted by molar-refractivity contribution is 4.83. The molecular weight excluding hydrogens is 150 g/mol. The van der Waals surface area contributed by atoms with Gasteiger partial charge in [0.05, 0.1) is 0 Å². The first-order valence-corrected chi connectivity index (χ1v) is 4.81. The van der Waals surface area contributed by atoms with Gasteiger partial charge in [0.2, 0.25) is 0 Å². The smallest absolute Gasteiger partial charge is 0.0219 e. The molecule has 0 spiro atoms. The van der Waals surface area contributed by atoms with E-state index in [1.807, 2.05) is 6.92 Å². The molecule has 0 aromatic heterocycles. The zero-order chi connectivity index (χ0) is 9.14. The third-order valence-electron chi connectivity index (χ3n) is 2.91. The molecule has 0 aromatic carbocycles. The van der Waals surface area contributed by atoms with Crippen molar-refractivity contribution in [1.82, 2.24) is 4.90 Å². The first-order chi connectivity index (χ1) is 5.61. The Kier molecular flexibility index (Phi) is 3.50. The molecule has 1 heterocycles. The average Bonchev–Trinajstić information content (AvgIpc) is 2.04. The number of hydrogen-bond acceptors (Lipinski definition) is 3. The molecule has 1 saturated heterocycles. The zero-order valence-electron chi connectivity index (χ0n) is 8.16. The van der Waals surface area contributed by atoms with Crippen LogP contribution in [0, 0.1) is 5.92 Å². The predicted molar refractivity (Wildman–Crippen MR) is 51.8 cm³/mol. The summed E-state index contributed by atoms with van der Waals surface area (Å²) in [5.74, 6) is 0.640. The quantitative estimate of drug-likeness (QED) is 0.615. The van der Waals surface area contributed by atoms with Crippen LogP contribution in [0.4, 0.5) is 0 Å². The molecule has 2 atom stereocenters. The molecule has 72 valence electrons. The van der Waals surface area contributed by atoms with E-state index in [1.54, 1.807) is 0 Å². The molecule has 1 fully saturated rings. The normalized spacial score (nSPS) is 27.0. The first-order valence-electron chi connectivity index (χ1n) is 4.81. The van der Waals surface area contributed by atoms with Crippen LogP contribution in [0.1, 0.15) is 19.8 Å². The molecule has 1 rings (SSSR count). The Balaban J connectivity index is 2.34. The van der Waals surface area contributed by atoms with Gasteiger partial charge in [-0.25, -0.2) is 0 Å². The van der Waals surface area contributed by atoms with E-state index in [2.05, 4.69) is 11.9 Å². The van der Waals surface area contributed by atoms with Crippen molar-refractivity contribution in [2.75, 3.05) is 20.1 Å². The topological polar surface area (TPSA) is 55.3 Å². The molecule has 1 aliphatic heterocycles. The first kappa shape index (κ1) is 9.96. The summed E-state index contributed by atoms with van der Waals surface area (Å²) in [5, 5.41) is 0. The van der Waals surface area contributed by atoms with Crippen molar-refractivity contribution >= 4 is 0 Å². The minimum Gasteiger partial charge on any atom is -0.327 e. The van der Waals surface area contributed by atoms with E-state index >= 15 is 0 Å². The van der Waals surface area contributed by atoms with Crippen LogP contribution in [-0.4, -0.2) is 37.1 Å². The van der Waals surface area contributed by atoms with Crippen molar-refractivity contribution < 1.29 is 0 Å². The van der Waals surface area contributed by atoms with Gasteiger partial charge in [0.1, 0.15) is 0 Å². The minimum absolute atomic E-state index is 0.137. The number of nitrogens with zero attached hydrogens (tertiary/aromatic N) is 1. The van der Waals surface area contributed by atoms with Gasteiger partial charge in [-0.05, 0) is 45.8 Å². The highest BCUT2D eigenvalue weighted by Crippen LogP contribution is 2.19. The lowest BCUT2D eigenvalue weighted by Gasteiger charge is -2.34. The summed E-state index contributed by atoms with van der Waals surface area (Å²) < 4.78 is 0. The number of rotatable bonds is 2. The Labute approximate surface area is 75.1 Å². The number of nitrogens with two attached hydrogens (primary N) is 2. The van der Waals surface area contributed by atoms with Crippen molar-refractivity contribution in [3.63, 3.8) is 0 Å². The molecule has 0 aliphatic carbocycles. The van der Waals surface area contributed by atoms with Crippen LogP contribution >= 0.6 is 0 Å². The molecule has 0 radical (unpaired) electrons. The van der Waals surface area contributed by atoms with Crippen LogP contribution in [0.5, 0.6) is 0 Å². The molecule has 0 amide bonds. The van der Waals surface area contributed by atoms with E-state index in [1.165, 1.54) is 25.9 Å². The highest BCUT2D eigenvalue weighted by atomic mass is 15.1. The largest absolute Gasteiger partial charge is 0.327 e. The van der Waals surface area contributed by atoms with Gasteiger partial charge >= 0.3 is 0 Å². The van der Waals surface area contributed by atoms with Crippen molar-refractivity contribution in [1.29, 1.82) is 0 Å². The highest BCUT2D eigenvalue weighted by Gasteiger charge is 2.24. The van der Waals surface area contributed by atoms with Crippen molar-refractivity contribution in [2.45, 2.75) is 31.8 Å². The van der Waals surface area contributed by atoms with E-state index in [9.17, 15) is 0 Å². The van der Waals surface area contributed by atoms with E-state index in [-0.39, 0.29) is 12.1 Å². The molecule has 1 aliphatic rings. The van der Waals surface area contributed by atoms with Crippen molar-refractivity contribution in [3.05, 3.63) is 0 Å². The molecule has 3 heteroatoms. The lowest BCUT2D eigenvalue weighted by atomic mass is 9.87. The van der Waals surface area contributed by atoms with Gasteiger partial charge in [0.25, 0.3) is 0 Å². The Morgan fingerprint density at radius 2 is 1.75 bits per heavy atom. The fourth-order valence-corrected chi connectivity index (χ4v) is 1.84. The van der Waals surface area contributed by atoms with E-state index in [4.69, 9.17) is 11.5 Å². The summed E-state index contributed by atoms with van der Waals surface area (Å²) in [7, 11) is 2.16. The lowest BCUT2D eigenvalue weighted by Crippen LogP contribution is -2.48. The second-order valence-corrected chi connectivity index (χ2v) is 4.08. The predicted octanol–water partition coefficient (Wildman–Crippen LogP) is 0.00270. The van der Waals surface area contributed by atoms with Crippen molar-refractivity contribution in [3.8, 4) is 0 Å². The lowest BCUT2D eigenvalue weighted by molar-refractivity contribution is 0.191. The van der Waals surface area contributed by atoms with Gasteiger partial charge in [-0.1, -0.05) is 0 Å². The Hall–Kier alpha value is -0.120. The van der Waals surface area contributed by atoms with Gasteiger partial charge < -0.3 is 16.4 Å². The number of likely N-dealkylation sites (tertiary alicyclic amines) is 1. The summed E-state index contributed by atoms with van der Waals surface area (Å²) >= 11 is 0. The van der Waals surface area contributed by atoms with Crippen LogP contribution in [0.3, 0.4) is 0 Å². The maximum Gasteiger partial charge on any atom is 0.0219 e. The Morgan fingerprint density at radius 3 is 2.17 bits per heavy atom. The molecule has 4 N–H and O–H groups in total. The van der Waals surface area contributed by atoms with Gasteiger partial charge in [0, 0.05) is 12.1 Å². The van der Waals surface area contributed by atoms with E-state index < -0.39 is 0 Å². The summed E-state index contributed by atoms with van der Waals surface area (Å²) in [4.78, 5) is 2.35. The maximum absolute atomic E-state index is 5.99. The molecule has 0 bridgehead atoms. The monoisotopic (exact) mass is 171 g/mol. The summed E-state index contributed by atoms with van der Waals surface area (Å²) in [6, 6.07) is 0.331.